The van der Waals surface area contributed by atoms with Crippen LogP contribution in [0.4, 0.5) is 5.13 Å². The summed E-state index contributed by atoms with van der Waals surface area (Å²) in [4.78, 5) is 23.6. The average Bonchev–Trinajstić information content (AvgIpc) is 3.25. The highest BCUT2D eigenvalue weighted by molar-refractivity contribution is 8.00. The molecule has 0 atom stereocenters. The van der Waals surface area contributed by atoms with E-state index in [0.717, 1.165) is 65.9 Å². The number of anilines is 1. The SMILES string of the molecule is CCc1cccc2sc(N(CCCN3CCOCC3)C(=O)CSc3ccccc3)nc12. The van der Waals surface area contributed by atoms with E-state index in [9.17, 15) is 4.79 Å². The van der Waals surface area contributed by atoms with Crippen LogP contribution in [0.3, 0.4) is 0 Å². The van der Waals surface area contributed by atoms with Crippen molar-refractivity contribution in [3.05, 3.63) is 54.1 Å². The van der Waals surface area contributed by atoms with Crippen LogP contribution < -0.4 is 4.90 Å². The second-order valence-corrected chi connectivity index (χ2v) is 9.63. The number of fused-ring (bicyclic) bond motifs is 1. The van der Waals surface area contributed by atoms with Crippen LogP contribution in [0, 0.1) is 0 Å². The van der Waals surface area contributed by atoms with Gasteiger partial charge in [-0.15, -0.1) is 11.8 Å². The van der Waals surface area contributed by atoms with Gasteiger partial charge in [0.25, 0.3) is 0 Å². The number of morpholine rings is 1. The third-order valence-corrected chi connectivity index (χ3v) is 7.51. The van der Waals surface area contributed by atoms with E-state index in [4.69, 9.17) is 9.72 Å². The minimum atomic E-state index is 0.118. The number of benzene rings is 2. The van der Waals surface area contributed by atoms with Crippen molar-refractivity contribution in [2.45, 2.75) is 24.7 Å². The molecule has 31 heavy (non-hydrogen) atoms. The predicted molar refractivity (Wildman–Crippen MR) is 130 cm³/mol. The highest BCUT2D eigenvalue weighted by atomic mass is 32.2. The van der Waals surface area contributed by atoms with E-state index in [0.29, 0.717) is 12.3 Å². The van der Waals surface area contributed by atoms with E-state index < -0.39 is 0 Å². The molecule has 2 aromatic carbocycles. The third kappa shape index (κ3) is 5.86. The summed E-state index contributed by atoms with van der Waals surface area (Å²) < 4.78 is 6.60. The molecule has 5 nitrogen and oxygen atoms in total. The van der Waals surface area contributed by atoms with E-state index in [1.807, 2.05) is 35.2 Å². The summed E-state index contributed by atoms with van der Waals surface area (Å²) in [7, 11) is 0. The maximum Gasteiger partial charge on any atom is 0.239 e. The number of carbonyl (C=O) groups is 1. The molecular weight excluding hydrogens is 426 g/mol. The highest BCUT2D eigenvalue weighted by Gasteiger charge is 2.21. The molecule has 0 radical (unpaired) electrons. The van der Waals surface area contributed by atoms with Crippen molar-refractivity contribution in [3.8, 4) is 0 Å². The lowest BCUT2D eigenvalue weighted by Crippen LogP contribution is -2.39. The number of aromatic nitrogens is 1. The average molecular weight is 456 g/mol. The van der Waals surface area contributed by atoms with Gasteiger partial charge in [0.2, 0.25) is 5.91 Å². The van der Waals surface area contributed by atoms with E-state index in [-0.39, 0.29) is 5.91 Å². The number of ether oxygens (including phenoxy) is 1. The molecule has 1 aliphatic rings. The summed E-state index contributed by atoms with van der Waals surface area (Å²) in [5.41, 5.74) is 2.27. The van der Waals surface area contributed by atoms with Crippen LogP contribution in [0.25, 0.3) is 10.2 Å². The lowest BCUT2D eigenvalue weighted by molar-refractivity contribution is -0.116. The molecule has 1 aliphatic heterocycles. The number of thioether (sulfide) groups is 1. The largest absolute Gasteiger partial charge is 0.379 e. The van der Waals surface area contributed by atoms with Gasteiger partial charge in [-0.05, 0) is 36.6 Å². The number of amides is 1. The van der Waals surface area contributed by atoms with Crippen LogP contribution in [0.2, 0.25) is 0 Å². The van der Waals surface area contributed by atoms with Gasteiger partial charge in [0.05, 0.1) is 29.2 Å². The van der Waals surface area contributed by atoms with Crippen molar-refractivity contribution in [2.24, 2.45) is 0 Å². The van der Waals surface area contributed by atoms with Gasteiger partial charge in [-0.25, -0.2) is 4.98 Å². The van der Waals surface area contributed by atoms with Gasteiger partial charge in [0, 0.05) is 31.1 Å². The van der Waals surface area contributed by atoms with Crippen LogP contribution in [0.5, 0.6) is 0 Å². The summed E-state index contributed by atoms with van der Waals surface area (Å²) in [6.07, 6.45) is 1.87. The fourth-order valence-electron chi connectivity index (χ4n) is 3.74. The van der Waals surface area contributed by atoms with Crippen molar-refractivity contribution in [1.29, 1.82) is 0 Å². The first-order chi connectivity index (χ1) is 15.2. The lowest BCUT2D eigenvalue weighted by atomic mass is 10.1. The van der Waals surface area contributed by atoms with Gasteiger partial charge in [0.1, 0.15) is 0 Å². The fraction of sp³-hybridized carbons (Fsp3) is 0.417. The molecule has 1 aromatic heterocycles. The zero-order chi connectivity index (χ0) is 21.5. The molecule has 2 heterocycles. The molecule has 1 fully saturated rings. The third-order valence-electron chi connectivity index (χ3n) is 5.47. The zero-order valence-corrected chi connectivity index (χ0v) is 19.6. The number of rotatable bonds is 9. The minimum Gasteiger partial charge on any atom is -0.379 e. The van der Waals surface area contributed by atoms with Gasteiger partial charge in [-0.2, -0.15) is 0 Å². The van der Waals surface area contributed by atoms with E-state index >= 15 is 0 Å². The van der Waals surface area contributed by atoms with Gasteiger partial charge in [-0.1, -0.05) is 48.6 Å². The first-order valence-electron chi connectivity index (χ1n) is 10.9. The van der Waals surface area contributed by atoms with E-state index in [1.54, 1.807) is 23.1 Å². The molecule has 0 saturated carbocycles. The summed E-state index contributed by atoms with van der Waals surface area (Å²) in [6.45, 7) is 7.35. The Bertz CT molecular complexity index is 987. The maximum atomic E-state index is 13.3. The summed E-state index contributed by atoms with van der Waals surface area (Å²) in [6, 6.07) is 16.4. The van der Waals surface area contributed by atoms with E-state index in [2.05, 4.69) is 30.0 Å². The molecule has 4 rings (SSSR count). The van der Waals surface area contributed by atoms with Gasteiger partial charge < -0.3 is 4.74 Å². The summed E-state index contributed by atoms with van der Waals surface area (Å²) in [5, 5.41) is 0.816. The smallest absolute Gasteiger partial charge is 0.239 e. The summed E-state index contributed by atoms with van der Waals surface area (Å²) >= 11 is 3.21. The van der Waals surface area contributed by atoms with Crippen LogP contribution in [-0.4, -0.2) is 60.9 Å². The fourth-order valence-corrected chi connectivity index (χ4v) is 5.59. The number of hydrogen-bond donors (Lipinski definition) is 0. The highest BCUT2D eigenvalue weighted by Crippen LogP contribution is 2.32. The first kappa shape index (κ1) is 22.3. The Hall–Kier alpha value is -1.93. The maximum absolute atomic E-state index is 13.3. The molecular formula is C24H29N3O2S2. The minimum absolute atomic E-state index is 0.118. The van der Waals surface area contributed by atoms with Crippen molar-refractivity contribution < 1.29 is 9.53 Å². The molecule has 3 aromatic rings. The molecule has 164 valence electrons. The molecule has 0 spiro atoms. The Morgan fingerprint density at radius 2 is 1.97 bits per heavy atom. The molecule has 0 unspecified atom stereocenters. The Labute approximate surface area is 192 Å². The Morgan fingerprint density at radius 3 is 2.74 bits per heavy atom. The Balaban J connectivity index is 1.49. The second kappa shape index (κ2) is 11.1. The van der Waals surface area contributed by atoms with Crippen molar-refractivity contribution in [1.82, 2.24) is 9.88 Å². The Kier molecular flexibility index (Phi) is 7.97. The number of aryl methyl sites for hydroxylation is 1. The number of thiazole rings is 1. The molecule has 0 aliphatic carbocycles. The molecule has 1 amide bonds. The zero-order valence-electron chi connectivity index (χ0n) is 18.0. The normalized spacial score (nSPS) is 14.7. The van der Waals surface area contributed by atoms with Crippen molar-refractivity contribution >= 4 is 44.4 Å². The predicted octanol–water partition coefficient (Wildman–Crippen LogP) is 4.71. The van der Waals surface area contributed by atoms with Gasteiger partial charge in [0.15, 0.2) is 5.13 Å². The molecule has 7 heteroatoms. The first-order valence-corrected chi connectivity index (χ1v) is 12.7. The van der Waals surface area contributed by atoms with Crippen LogP contribution >= 0.6 is 23.1 Å². The van der Waals surface area contributed by atoms with Crippen molar-refractivity contribution in [2.75, 3.05) is 50.0 Å². The topological polar surface area (TPSA) is 45.7 Å². The standard InChI is InChI=1S/C24H29N3O2S2/c1-2-19-8-6-11-21-23(19)25-24(31-21)27(13-7-12-26-14-16-29-17-15-26)22(28)18-30-20-9-4-3-5-10-20/h3-6,8-11H,2,7,12-18H2,1H3. The molecule has 0 bridgehead atoms. The monoisotopic (exact) mass is 455 g/mol. The summed E-state index contributed by atoms with van der Waals surface area (Å²) in [5.74, 6) is 0.533. The Morgan fingerprint density at radius 1 is 1.16 bits per heavy atom. The van der Waals surface area contributed by atoms with Gasteiger partial charge >= 0.3 is 0 Å². The number of hydrogen-bond acceptors (Lipinski definition) is 6. The lowest BCUT2D eigenvalue weighted by Gasteiger charge is -2.27. The number of carbonyl (C=O) groups excluding carboxylic acids is 1. The number of para-hydroxylation sites is 1. The van der Waals surface area contributed by atoms with Crippen molar-refractivity contribution in [3.63, 3.8) is 0 Å². The van der Waals surface area contributed by atoms with Crippen LogP contribution in [-0.2, 0) is 16.0 Å². The van der Waals surface area contributed by atoms with E-state index in [1.165, 1.54) is 5.56 Å². The van der Waals surface area contributed by atoms with Crippen LogP contribution in [0.15, 0.2) is 53.4 Å². The van der Waals surface area contributed by atoms with Gasteiger partial charge in [-0.3, -0.25) is 14.6 Å². The number of nitrogens with zero attached hydrogens (tertiary/aromatic N) is 3. The second-order valence-electron chi connectivity index (χ2n) is 7.57. The molecule has 0 N–H and O–H groups in total. The molecule has 1 saturated heterocycles. The quantitative estimate of drug-likeness (QED) is 0.438. The van der Waals surface area contributed by atoms with Crippen LogP contribution in [0.1, 0.15) is 18.9 Å².